The lowest BCUT2D eigenvalue weighted by atomic mass is 10.1. The minimum Gasteiger partial charge on any atom is -0.346 e. The summed E-state index contributed by atoms with van der Waals surface area (Å²) in [7, 11) is -3.06. The van der Waals surface area contributed by atoms with Gasteiger partial charge >= 0.3 is 0 Å². The Morgan fingerprint density at radius 3 is 2.52 bits per heavy atom. The first-order valence-electron chi connectivity index (χ1n) is 9.43. The lowest BCUT2D eigenvalue weighted by Crippen LogP contribution is -2.39. The van der Waals surface area contributed by atoms with Crippen LogP contribution in [0.3, 0.4) is 0 Å². The van der Waals surface area contributed by atoms with Gasteiger partial charge in [-0.05, 0) is 29.7 Å². The highest BCUT2D eigenvalue weighted by atomic mass is 32.2. The van der Waals surface area contributed by atoms with Crippen LogP contribution in [0, 0.1) is 5.82 Å². The number of fused-ring (bicyclic) bond motifs is 1. The maximum absolute atomic E-state index is 13.1. The van der Waals surface area contributed by atoms with Gasteiger partial charge in [-0.1, -0.05) is 54.2 Å². The molecule has 0 spiro atoms. The maximum Gasteiger partial charge on any atom is 0.252 e. The number of amidine groups is 1. The molecule has 4 rings (SSSR count). The molecular weight excluding hydrogens is 411 g/mol. The third-order valence-electron chi connectivity index (χ3n) is 5.15. The van der Waals surface area contributed by atoms with Gasteiger partial charge in [-0.2, -0.15) is 4.99 Å². The highest BCUT2D eigenvalue weighted by molar-refractivity contribution is 8.15. The third kappa shape index (κ3) is 4.87. The van der Waals surface area contributed by atoms with Crippen molar-refractivity contribution in [1.82, 2.24) is 4.90 Å². The number of nitrogens with zero attached hydrogens (tertiary/aromatic N) is 2. The molecule has 2 heterocycles. The van der Waals surface area contributed by atoms with Crippen LogP contribution in [0.5, 0.6) is 0 Å². The van der Waals surface area contributed by atoms with Gasteiger partial charge in [0.15, 0.2) is 15.0 Å². The van der Waals surface area contributed by atoms with Crippen molar-refractivity contribution in [3.8, 4) is 0 Å². The second kappa shape index (κ2) is 8.28. The van der Waals surface area contributed by atoms with Gasteiger partial charge in [-0.3, -0.25) is 4.79 Å². The molecule has 2 saturated heterocycles. The van der Waals surface area contributed by atoms with Crippen molar-refractivity contribution in [3.05, 3.63) is 71.5 Å². The minimum absolute atomic E-state index is 0.0878. The molecule has 0 bridgehead atoms. The zero-order valence-corrected chi connectivity index (χ0v) is 17.3. The summed E-state index contributed by atoms with van der Waals surface area (Å²) >= 11 is 1.38. The maximum atomic E-state index is 13.1. The summed E-state index contributed by atoms with van der Waals surface area (Å²) in [6, 6.07) is 15.6. The normalized spacial score (nSPS) is 24.0. The van der Waals surface area contributed by atoms with Gasteiger partial charge in [-0.25, -0.2) is 12.8 Å². The number of carbonyl (C=O) groups excluding carboxylic acids is 1. The van der Waals surface area contributed by atoms with Crippen LogP contribution in [0.1, 0.15) is 11.1 Å². The van der Waals surface area contributed by atoms with Crippen molar-refractivity contribution in [2.75, 3.05) is 18.1 Å². The summed E-state index contributed by atoms with van der Waals surface area (Å²) in [5.74, 6) is -0.438. The van der Waals surface area contributed by atoms with E-state index in [1.165, 1.54) is 23.9 Å². The Bertz CT molecular complexity index is 1020. The average molecular weight is 433 g/mol. The summed E-state index contributed by atoms with van der Waals surface area (Å²) in [5, 5.41) is 0.506. The van der Waals surface area contributed by atoms with Gasteiger partial charge in [0.25, 0.3) is 5.91 Å². The molecule has 0 radical (unpaired) electrons. The van der Waals surface area contributed by atoms with Crippen LogP contribution in [0.15, 0.2) is 59.6 Å². The van der Waals surface area contributed by atoms with E-state index in [4.69, 9.17) is 0 Å². The average Bonchev–Trinajstić information content (AvgIpc) is 3.14. The van der Waals surface area contributed by atoms with E-state index in [9.17, 15) is 17.6 Å². The zero-order chi connectivity index (χ0) is 20.4. The number of benzene rings is 2. The fraction of sp³-hybridized carbons (Fsp3) is 0.333. The molecule has 0 aromatic heterocycles. The number of hydrogen-bond acceptors (Lipinski definition) is 4. The number of thioether (sulfide) groups is 1. The standard InChI is InChI=1S/C21H21FN2O3S2/c22-17-8-6-16(7-9-17)12-20(25)23-21-24(11-10-15-4-2-1-3-5-15)18-13-29(26,27)14-19(18)28-21/h1-9,18-19H,10-14H2/t18-,19-/m0/s1. The van der Waals surface area contributed by atoms with Gasteiger partial charge in [-0.15, -0.1) is 0 Å². The van der Waals surface area contributed by atoms with Crippen molar-refractivity contribution in [3.63, 3.8) is 0 Å². The van der Waals surface area contributed by atoms with Crippen LogP contribution in [0.25, 0.3) is 0 Å². The third-order valence-corrected chi connectivity index (χ3v) is 8.40. The monoisotopic (exact) mass is 432 g/mol. The predicted molar refractivity (Wildman–Crippen MR) is 113 cm³/mol. The lowest BCUT2D eigenvalue weighted by Gasteiger charge is -2.24. The molecule has 8 heteroatoms. The van der Waals surface area contributed by atoms with E-state index in [1.807, 2.05) is 35.2 Å². The molecule has 2 fully saturated rings. The SMILES string of the molecule is O=C(Cc1ccc(F)cc1)N=C1S[C@H]2CS(=O)(=O)C[C@@H]2N1CCc1ccccc1. The van der Waals surface area contributed by atoms with E-state index in [0.717, 1.165) is 12.0 Å². The minimum atomic E-state index is -3.06. The van der Waals surface area contributed by atoms with E-state index < -0.39 is 9.84 Å². The number of carbonyl (C=O) groups is 1. The van der Waals surface area contributed by atoms with Crippen molar-refractivity contribution < 1.29 is 17.6 Å². The summed E-state index contributed by atoms with van der Waals surface area (Å²) < 4.78 is 37.2. The topological polar surface area (TPSA) is 66.8 Å². The lowest BCUT2D eigenvalue weighted by molar-refractivity contribution is -0.117. The molecule has 5 nitrogen and oxygen atoms in total. The van der Waals surface area contributed by atoms with Gasteiger partial charge in [0.05, 0.1) is 24.0 Å². The molecule has 152 valence electrons. The van der Waals surface area contributed by atoms with Gasteiger partial charge in [0.2, 0.25) is 0 Å². The molecule has 0 aliphatic carbocycles. The smallest absolute Gasteiger partial charge is 0.252 e. The first-order valence-corrected chi connectivity index (χ1v) is 12.1. The van der Waals surface area contributed by atoms with E-state index in [1.54, 1.807) is 12.1 Å². The van der Waals surface area contributed by atoms with Crippen LogP contribution in [-0.2, 0) is 27.5 Å². The Hall–Kier alpha value is -2.19. The first kappa shape index (κ1) is 20.1. The highest BCUT2D eigenvalue weighted by Gasteiger charge is 2.48. The molecule has 2 aromatic rings. The summed E-state index contributed by atoms with van der Waals surface area (Å²) in [6.45, 7) is 0.608. The molecular formula is C21H21FN2O3S2. The molecule has 0 unspecified atom stereocenters. The second-order valence-electron chi connectivity index (χ2n) is 7.32. The highest BCUT2D eigenvalue weighted by Crippen LogP contribution is 2.38. The number of amides is 1. The number of hydrogen-bond donors (Lipinski definition) is 0. The van der Waals surface area contributed by atoms with Crippen molar-refractivity contribution in [2.45, 2.75) is 24.1 Å². The first-order chi connectivity index (χ1) is 13.9. The summed E-state index contributed by atoms with van der Waals surface area (Å²) in [5.41, 5.74) is 1.85. The van der Waals surface area contributed by atoms with Crippen molar-refractivity contribution >= 4 is 32.7 Å². The van der Waals surface area contributed by atoms with E-state index in [-0.39, 0.29) is 40.9 Å². The summed E-state index contributed by atoms with van der Waals surface area (Å²) in [4.78, 5) is 18.8. The van der Waals surface area contributed by atoms with Crippen LogP contribution in [-0.4, -0.2) is 53.7 Å². The molecule has 2 aromatic carbocycles. The van der Waals surface area contributed by atoms with Gasteiger partial charge in [0.1, 0.15) is 5.82 Å². The Kier molecular flexibility index (Phi) is 5.74. The number of aliphatic imine (C=N–C) groups is 1. The molecule has 2 atom stereocenters. The van der Waals surface area contributed by atoms with Crippen LogP contribution in [0.2, 0.25) is 0 Å². The number of rotatable bonds is 5. The molecule has 2 aliphatic heterocycles. The number of halogens is 1. The Morgan fingerprint density at radius 1 is 1.07 bits per heavy atom. The van der Waals surface area contributed by atoms with E-state index in [2.05, 4.69) is 4.99 Å². The van der Waals surface area contributed by atoms with Crippen molar-refractivity contribution in [1.29, 1.82) is 0 Å². The zero-order valence-electron chi connectivity index (χ0n) is 15.7. The van der Waals surface area contributed by atoms with Crippen molar-refractivity contribution in [2.24, 2.45) is 4.99 Å². The van der Waals surface area contributed by atoms with Crippen LogP contribution < -0.4 is 0 Å². The molecule has 29 heavy (non-hydrogen) atoms. The predicted octanol–water partition coefficient (Wildman–Crippen LogP) is 2.71. The molecule has 0 saturated carbocycles. The van der Waals surface area contributed by atoms with Crippen LogP contribution >= 0.6 is 11.8 Å². The Morgan fingerprint density at radius 2 is 1.79 bits per heavy atom. The molecule has 2 aliphatic rings. The summed E-state index contributed by atoms with van der Waals surface area (Å²) in [6.07, 6.45) is 0.834. The van der Waals surface area contributed by atoms with Crippen LogP contribution in [0.4, 0.5) is 4.39 Å². The molecule has 0 N–H and O–H groups in total. The molecule has 1 amide bonds. The van der Waals surface area contributed by atoms with Gasteiger partial charge < -0.3 is 4.90 Å². The quantitative estimate of drug-likeness (QED) is 0.727. The largest absolute Gasteiger partial charge is 0.346 e. The fourth-order valence-electron chi connectivity index (χ4n) is 3.71. The van der Waals surface area contributed by atoms with Gasteiger partial charge in [0, 0.05) is 11.8 Å². The van der Waals surface area contributed by atoms with E-state index in [0.29, 0.717) is 17.3 Å². The number of sulfone groups is 1. The Balaban J connectivity index is 1.51. The van der Waals surface area contributed by atoms with E-state index >= 15 is 0 Å². The fourth-order valence-corrected chi connectivity index (χ4v) is 7.71. The second-order valence-corrected chi connectivity index (χ2v) is 10.7. The Labute approximate surface area is 173 Å².